The first kappa shape index (κ1) is 12.5. The number of aromatic nitrogens is 1. The van der Waals surface area contributed by atoms with E-state index in [9.17, 15) is 0 Å². The van der Waals surface area contributed by atoms with Crippen LogP contribution in [0.5, 0.6) is 0 Å². The maximum absolute atomic E-state index is 4.61. The van der Waals surface area contributed by atoms with Crippen molar-refractivity contribution < 1.29 is 0 Å². The van der Waals surface area contributed by atoms with Crippen molar-refractivity contribution in [3.8, 4) is 0 Å². The van der Waals surface area contributed by atoms with Gasteiger partial charge in [0.1, 0.15) is 0 Å². The average Bonchev–Trinajstić information content (AvgIpc) is 2.79. The lowest BCUT2D eigenvalue weighted by Gasteiger charge is -2.02. The first-order valence-electron chi connectivity index (χ1n) is 6.03. The molecule has 0 aliphatic rings. The van der Waals surface area contributed by atoms with E-state index < -0.39 is 0 Å². The number of nitrogens with zero attached hydrogens (tertiary/aromatic N) is 1. The molecule has 2 aromatic carbocycles. The van der Waals surface area contributed by atoms with Gasteiger partial charge in [-0.1, -0.05) is 23.5 Å². The standard InChI is InChI=1S/C15H14N2S2/c1-10-4-3-5-11(8-10)16-15-17-13-7-6-12(18-2)9-14(13)19-15/h3-9H,1-2H3,(H,16,17). The molecule has 1 aromatic heterocycles. The minimum absolute atomic E-state index is 0.943. The number of anilines is 2. The highest BCUT2D eigenvalue weighted by atomic mass is 32.2. The van der Waals surface area contributed by atoms with E-state index >= 15 is 0 Å². The molecule has 3 rings (SSSR count). The Hall–Kier alpha value is -1.52. The van der Waals surface area contributed by atoms with E-state index in [1.54, 1.807) is 23.1 Å². The minimum Gasteiger partial charge on any atom is -0.332 e. The second-order valence-electron chi connectivity index (χ2n) is 4.35. The van der Waals surface area contributed by atoms with E-state index in [0.29, 0.717) is 0 Å². The minimum atomic E-state index is 0.943. The maximum atomic E-state index is 4.61. The Morgan fingerprint density at radius 2 is 2.05 bits per heavy atom. The number of hydrogen-bond donors (Lipinski definition) is 1. The molecule has 4 heteroatoms. The van der Waals surface area contributed by atoms with E-state index in [4.69, 9.17) is 0 Å². The molecule has 96 valence electrons. The zero-order valence-corrected chi connectivity index (χ0v) is 12.4. The third-order valence-electron chi connectivity index (χ3n) is 2.86. The molecule has 0 aliphatic carbocycles. The SMILES string of the molecule is CSc1ccc2nc(Nc3cccc(C)c3)sc2c1. The van der Waals surface area contributed by atoms with Crippen molar-refractivity contribution in [2.45, 2.75) is 11.8 Å². The van der Waals surface area contributed by atoms with Crippen molar-refractivity contribution in [2.24, 2.45) is 0 Å². The Morgan fingerprint density at radius 3 is 2.84 bits per heavy atom. The summed E-state index contributed by atoms with van der Waals surface area (Å²) >= 11 is 3.45. The van der Waals surface area contributed by atoms with Crippen LogP contribution in [-0.4, -0.2) is 11.2 Å². The number of thiazole rings is 1. The van der Waals surface area contributed by atoms with Gasteiger partial charge >= 0.3 is 0 Å². The largest absolute Gasteiger partial charge is 0.332 e. The molecule has 0 radical (unpaired) electrons. The van der Waals surface area contributed by atoms with Crippen molar-refractivity contribution >= 4 is 44.1 Å². The van der Waals surface area contributed by atoms with Crippen LogP contribution < -0.4 is 5.32 Å². The van der Waals surface area contributed by atoms with Crippen LogP contribution in [0.15, 0.2) is 47.4 Å². The summed E-state index contributed by atoms with van der Waals surface area (Å²) < 4.78 is 1.22. The summed E-state index contributed by atoms with van der Waals surface area (Å²) in [6, 6.07) is 14.7. The fourth-order valence-corrected chi connectivity index (χ4v) is 3.37. The van der Waals surface area contributed by atoms with Gasteiger partial charge in [-0.2, -0.15) is 0 Å². The lowest BCUT2D eigenvalue weighted by molar-refractivity contribution is 1.41. The van der Waals surface area contributed by atoms with Crippen LogP contribution in [0.4, 0.5) is 10.8 Å². The molecule has 0 saturated carbocycles. The molecule has 0 saturated heterocycles. The van der Waals surface area contributed by atoms with Gasteiger partial charge in [-0.15, -0.1) is 11.8 Å². The highest BCUT2D eigenvalue weighted by Crippen LogP contribution is 2.31. The summed E-state index contributed by atoms with van der Waals surface area (Å²) in [5, 5.41) is 4.32. The van der Waals surface area contributed by atoms with E-state index in [2.05, 4.69) is 65.9 Å². The fraction of sp³-hybridized carbons (Fsp3) is 0.133. The van der Waals surface area contributed by atoms with Gasteiger partial charge in [0.05, 0.1) is 10.2 Å². The Bertz CT molecular complexity index is 719. The molecule has 0 amide bonds. The molecule has 0 bridgehead atoms. The monoisotopic (exact) mass is 286 g/mol. The fourth-order valence-electron chi connectivity index (χ4n) is 1.93. The molecule has 0 spiro atoms. The number of benzene rings is 2. The number of thioether (sulfide) groups is 1. The quantitative estimate of drug-likeness (QED) is 0.680. The predicted octanol–water partition coefficient (Wildman–Crippen LogP) is 5.07. The van der Waals surface area contributed by atoms with Crippen molar-refractivity contribution in [1.82, 2.24) is 4.98 Å². The summed E-state index contributed by atoms with van der Waals surface area (Å²) in [7, 11) is 0. The van der Waals surface area contributed by atoms with Crippen molar-refractivity contribution in [1.29, 1.82) is 0 Å². The van der Waals surface area contributed by atoms with Gasteiger partial charge in [-0.3, -0.25) is 0 Å². The molecule has 0 unspecified atom stereocenters. The highest BCUT2D eigenvalue weighted by Gasteiger charge is 2.05. The molecule has 0 fully saturated rings. The summed E-state index contributed by atoms with van der Waals surface area (Å²) in [4.78, 5) is 5.89. The van der Waals surface area contributed by atoms with Gasteiger partial charge < -0.3 is 5.32 Å². The van der Waals surface area contributed by atoms with E-state index in [1.807, 2.05) is 0 Å². The van der Waals surface area contributed by atoms with Gasteiger partial charge in [0, 0.05) is 10.6 Å². The normalized spacial score (nSPS) is 10.8. The molecule has 1 N–H and O–H groups in total. The number of hydrogen-bond acceptors (Lipinski definition) is 4. The summed E-state index contributed by atoms with van der Waals surface area (Å²) in [6.45, 7) is 2.09. The van der Waals surface area contributed by atoms with Crippen LogP contribution in [-0.2, 0) is 0 Å². The van der Waals surface area contributed by atoms with Gasteiger partial charge in [-0.05, 0) is 49.1 Å². The van der Waals surface area contributed by atoms with Crippen LogP contribution in [0, 0.1) is 6.92 Å². The third-order valence-corrected chi connectivity index (χ3v) is 4.52. The molecule has 1 heterocycles. The van der Waals surface area contributed by atoms with E-state index in [-0.39, 0.29) is 0 Å². The molecule has 0 aliphatic heterocycles. The summed E-state index contributed by atoms with van der Waals surface area (Å²) in [5.74, 6) is 0. The van der Waals surface area contributed by atoms with E-state index in [0.717, 1.165) is 16.3 Å². The Balaban J connectivity index is 1.93. The van der Waals surface area contributed by atoms with E-state index in [1.165, 1.54) is 15.2 Å². The van der Waals surface area contributed by atoms with Gasteiger partial charge in [0.2, 0.25) is 0 Å². The van der Waals surface area contributed by atoms with Crippen LogP contribution in [0.1, 0.15) is 5.56 Å². The van der Waals surface area contributed by atoms with Crippen LogP contribution in [0.2, 0.25) is 0 Å². The first-order chi connectivity index (χ1) is 9.24. The van der Waals surface area contributed by atoms with Gasteiger partial charge in [0.25, 0.3) is 0 Å². The molecular weight excluding hydrogens is 272 g/mol. The van der Waals surface area contributed by atoms with Crippen molar-refractivity contribution in [3.63, 3.8) is 0 Å². The van der Waals surface area contributed by atoms with Crippen LogP contribution >= 0.6 is 23.1 Å². The van der Waals surface area contributed by atoms with Gasteiger partial charge in [0.15, 0.2) is 5.13 Å². The number of rotatable bonds is 3. The van der Waals surface area contributed by atoms with Crippen molar-refractivity contribution in [2.75, 3.05) is 11.6 Å². The number of nitrogens with one attached hydrogen (secondary N) is 1. The second-order valence-corrected chi connectivity index (χ2v) is 6.26. The highest BCUT2D eigenvalue weighted by molar-refractivity contribution is 7.98. The topological polar surface area (TPSA) is 24.9 Å². The molecule has 19 heavy (non-hydrogen) atoms. The molecule has 0 atom stereocenters. The van der Waals surface area contributed by atoms with Gasteiger partial charge in [-0.25, -0.2) is 4.98 Å². The molecule has 3 aromatic rings. The average molecular weight is 286 g/mol. The number of aryl methyl sites for hydroxylation is 1. The predicted molar refractivity (Wildman–Crippen MR) is 85.9 cm³/mol. The Morgan fingerprint density at radius 1 is 1.16 bits per heavy atom. The van der Waals surface area contributed by atoms with Crippen LogP contribution in [0.3, 0.4) is 0 Å². The maximum Gasteiger partial charge on any atom is 0.188 e. The lowest BCUT2D eigenvalue weighted by Crippen LogP contribution is -1.88. The third kappa shape index (κ3) is 2.74. The zero-order chi connectivity index (χ0) is 13.2. The Kier molecular flexibility index (Phi) is 3.44. The zero-order valence-electron chi connectivity index (χ0n) is 10.8. The molecular formula is C15H14N2S2. The smallest absolute Gasteiger partial charge is 0.188 e. The second kappa shape index (κ2) is 5.23. The molecule has 2 nitrogen and oxygen atoms in total. The lowest BCUT2D eigenvalue weighted by atomic mass is 10.2. The van der Waals surface area contributed by atoms with Crippen LogP contribution in [0.25, 0.3) is 10.2 Å². The Labute approximate surface area is 120 Å². The summed E-state index contributed by atoms with van der Waals surface area (Å²) in [5.41, 5.74) is 3.39. The first-order valence-corrected chi connectivity index (χ1v) is 8.07. The van der Waals surface area contributed by atoms with Crippen molar-refractivity contribution in [3.05, 3.63) is 48.0 Å². The summed E-state index contributed by atoms with van der Waals surface area (Å²) in [6.07, 6.45) is 2.09. The number of fused-ring (bicyclic) bond motifs is 1.